The van der Waals surface area contributed by atoms with Crippen LogP contribution in [-0.4, -0.2) is 38.5 Å². The van der Waals surface area contributed by atoms with E-state index < -0.39 is 26.5 Å². The summed E-state index contributed by atoms with van der Waals surface area (Å²) in [5, 5.41) is 2.24. The van der Waals surface area contributed by atoms with E-state index in [0.29, 0.717) is 30.7 Å². The number of primary amides is 1. The molecule has 7 heteroatoms. The zero-order valence-electron chi connectivity index (χ0n) is 12.1. The van der Waals surface area contributed by atoms with Crippen LogP contribution in [0, 0.1) is 0 Å². The smallest absolute Gasteiger partial charge is 0.244 e. The van der Waals surface area contributed by atoms with Crippen LogP contribution in [0.25, 0.3) is 0 Å². The summed E-state index contributed by atoms with van der Waals surface area (Å²) in [6.07, 6.45) is 2.61. The molecule has 1 aliphatic carbocycles. The van der Waals surface area contributed by atoms with Crippen LogP contribution in [0.4, 0.5) is 5.69 Å². The summed E-state index contributed by atoms with van der Waals surface area (Å²) in [6, 6.07) is 7.00. The Morgan fingerprint density at radius 3 is 2.76 bits per heavy atom. The van der Waals surface area contributed by atoms with Gasteiger partial charge < -0.3 is 15.8 Å². The van der Waals surface area contributed by atoms with Gasteiger partial charge in [0.05, 0.1) is 12.4 Å². The number of anilines is 1. The minimum absolute atomic E-state index is 0.400. The molecule has 0 aliphatic heterocycles. The van der Waals surface area contributed by atoms with Crippen molar-refractivity contribution in [2.24, 2.45) is 5.73 Å². The number of rotatable bonds is 5. The fraction of sp³-hybridized carbons (Fsp3) is 0.500. The minimum atomic E-state index is -3.39. The van der Waals surface area contributed by atoms with E-state index >= 15 is 0 Å². The van der Waals surface area contributed by atoms with Crippen LogP contribution < -0.4 is 15.8 Å². The number of nitrogens with two attached hydrogens (primary N) is 1. The summed E-state index contributed by atoms with van der Waals surface area (Å²) in [5.74, 6) is -0.0215. The molecule has 0 spiro atoms. The van der Waals surface area contributed by atoms with Crippen LogP contribution in [0.2, 0.25) is 0 Å². The third-order valence-electron chi connectivity index (χ3n) is 3.98. The van der Waals surface area contributed by atoms with Crippen molar-refractivity contribution in [1.82, 2.24) is 0 Å². The Morgan fingerprint density at radius 2 is 2.19 bits per heavy atom. The Labute approximate surface area is 124 Å². The van der Waals surface area contributed by atoms with Crippen molar-refractivity contribution < 1.29 is 17.9 Å². The van der Waals surface area contributed by atoms with Gasteiger partial charge >= 0.3 is 0 Å². The molecule has 0 radical (unpaired) electrons. The Morgan fingerprint density at radius 1 is 1.48 bits per heavy atom. The van der Waals surface area contributed by atoms with Gasteiger partial charge in [0.15, 0.2) is 9.84 Å². The largest absolute Gasteiger partial charge is 0.497 e. The van der Waals surface area contributed by atoms with Gasteiger partial charge in [-0.15, -0.1) is 0 Å². The molecule has 1 saturated carbocycles. The van der Waals surface area contributed by atoms with E-state index in [4.69, 9.17) is 10.5 Å². The van der Waals surface area contributed by atoms with E-state index in [2.05, 4.69) is 5.32 Å². The molecular formula is C14H20N2O4S. The molecular weight excluding hydrogens is 292 g/mol. The Balaban J connectivity index is 2.41. The van der Waals surface area contributed by atoms with E-state index in [1.54, 1.807) is 24.3 Å². The maximum Gasteiger partial charge on any atom is 0.244 e. The number of hydrogen-bond donors (Lipinski definition) is 2. The maximum atomic E-state index is 12.0. The lowest BCUT2D eigenvalue weighted by molar-refractivity contribution is -0.122. The summed E-state index contributed by atoms with van der Waals surface area (Å²) < 4.78 is 29.1. The highest BCUT2D eigenvalue weighted by molar-refractivity contribution is 7.91. The average Bonchev–Trinajstić information content (AvgIpc) is 2.84. The van der Waals surface area contributed by atoms with Crippen LogP contribution in [0.5, 0.6) is 5.75 Å². The van der Waals surface area contributed by atoms with E-state index in [-0.39, 0.29) is 0 Å². The highest BCUT2D eigenvalue weighted by Gasteiger charge is 2.52. The molecule has 2 unspecified atom stereocenters. The second-order valence-corrected chi connectivity index (χ2v) is 7.63. The summed E-state index contributed by atoms with van der Waals surface area (Å²) in [6.45, 7) is 0. The SMILES string of the molecule is COc1cccc(NC2(C(N)=O)CCCC2S(C)(=O)=O)c1. The maximum absolute atomic E-state index is 12.0. The number of methoxy groups -OCH3 is 1. The molecule has 2 atom stereocenters. The second-order valence-electron chi connectivity index (χ2n) is 5.40. The third-order valence-corrected chi connectivity index (χ3v) is 5.65. The quantitative estimate of drug-likeness (QED) is 0.842. The van der Waals surface area contributed by atoms with E-state index in [0.717, 1.165) is 6.26 Å². The van der Waals surface area contributed by atoms with Gasteiger partial charge in [-0.1, -0.05) is 6.07 Å². The molecule has 1 amide bonds. The molecule has 0 bridgehead atoms. The van der Waals surface area contributed by atoms with Crippen molar-refractivity contribution in [3.05, 3.63) is 24.3 Å². The molecule has 6 nitrogen and oxygen atoms in total. The fourth-order valence-corrected chi connectivity index (χ4v) is 4.62. The topological polar surface area (TPSA) is 98.5 Å². The summed E-state index contributed by atoms with van der Waals surface area (Å²) in [4.78, 5) is 12.0. The zero-order valence-corrected chi connectivity index (χ0v) is 12.9. The number of benzene rings is 1. The van der Waals surface area contributed by atoms with Crippen LogP contribution in [0.3, 0.4) is 0 Å². The first kappa shape index (κ1) is 15.6. The number of carbonyl (C=O) groups is 1. The van der Waals surface area contributed by atoms with Crippen LogP contribution in [0.1, 0.15) is 19.3 Å². The molecule has 0 heterocycles. The first-order valence-electron chi connectivity index (χ1n) is 6.70. The number of nitrogens with one attached hydrogen (secondary N) is 1. The number of ether oxygens (including phenoxy) is 1. The van der Waals surface area contributed by atoms with Gasteiger partial charge in [0.25, 0.3) is 0 Å². The lowest BCUT2D eigenvalue weighted by Crippen LogP contribution is -2.58. The lowest BCUT2D eigenvalue weighted by Gasteiger charge is -2.33. The van der Waals surface area contributed by atoms with Crippen LogP contribution >= 0.6 is 0 Å². The lowest BCUT2D eigenvalue weighted by atomic mass is 9.95. The van der Waals surface area contributed by atoms with Crippen molar-refractivity contribution in [3.63, 3.8) is 0 Å². The molecule has 1 aromatic carbocycles. The third kappa shape index (κ3) is 2.97. The van der Waals surface area contributed by atoms with Crippen molar-refractivity contribution in [3.8, 4) is 5.75 Å². The van der Waals surface area contributed by atoms with Crippen LogP contribution in [0.15, 0.2) is 24.3 Å². The van der Waals surface area contributed by atoms with Crippen molar-refractivity contribution in [2.75, 3.05) is 18.7 Å². The predicted molar refractivity (Wildman–Crippen MR) is 81.0 cm³/mol. The molecule has 2 rings (SSSR count). The monoisotopic (exact) mass is 312 g/mol. The normalized spacial score (nSPS) is 25.5. The van der Waals surface area contributed by atoms with Gasteiger partial charge in [-0.2, -0.15) is 0 Å². The predicted octanol–water partition coefficient (Wildman–Crippen LogP) is 0.928. The summed E-state index contributed by atoms with van der Waals surface area (Å²) >= 11 is 0. The molecule has 1 aromatic rings. The van der Waals surface area contributed by atoms with E-state index in [1.165, 1.54) is 7.11 Å². The summed E-state index contributed by atoms with van der Waals surface area (Å²) in [5.41, 5.74) is 4.89. The Kier molecular flexibility index (Phi) is 4.13. The highest BCUT2D eigenvalue weighted by atomic mass is 32.2. The number of sulfone groups is 1. The minimum Gasteiger partial charge on any atom is -0.497 e. The van der Waals surface area contributed by atoms with Gasteiger partial charge in [0.2, 0.25) is 5.91 Å². The average molecular weight is 312 g/mol. The molecule has 1 fully saturated rings. The molecule has 1 aliphatic rings. The fourth-order valence-electron chi connectivity index (χ4n) is 3.00. The van der Waals surface area contributed by atoms with E-state index in [1.807, 2.05) is 0 Å². The Bertz CT molecular complexity index is 644. The number of hydrogen-bond acceptors (Lipinski definition) is 5. The number of carbonyl (C=O) groups excluding carboxylic acids is 1. The van der Waals surface area contributed by atoms with Crippen LogP contribution in [-0.2, 0) is 14.6 Å². The first-order chi connectivity index (χ1) is 9.79. The van der Waals surface area contributed by atoms with Crippen molar-refractivity contribution >= 4 is 21.4 Å². The molecule has 0 saturated heterocycles. The number of amides is 1. The molecule has 3 N–H and O–H groups in total. The zero-order chi connectivity index (χ0) is 15.7. The molecule has 0 aromatic heterocycles. The first-order valence-corrected chi connectivity index (χ1v) is 8.66. The molecule has 21 heavy (non-hydrogen) atoms. The Hall–Kier alpha value is -1.76. The second kappa shape index (κ2) is 5.55. The van der Waals surface area contributed by atoms with Gasteiger partial charge in [-0.05, 0) is 31.4 Å². The van der Waals surface area contributed by atoms with Crippen molar-refractivity contribution in [2.45, 2.75) is 30.1 Å². The van der Waals surface area contributed by atoms with Gasteiger partial charge in [0, 0.05) is 18.0 Å². The highest BCUT2D eigenvalue weighted by Crippen LogP contribution is 2.38. The van der Waals surface area contributed by atoms with Gasteiger partial charge in [-0.3, -0.25) is 4.79 Å². The van der Waals surface area contributed by atoms with Crippen molar-refractivity contribution in [1.29, 1.82) is 0 Å². The van der Waals surface area contributed by atoms with E-state index in [9.17, 15) is 13.2 Å². The van der Waals surface area contributed by atoms with Gasteiger partial charge in [-0.25, -0.2) is 8.42 Å². The summed E-state index contributed by atoms with van der Waals surface area (Å²) in [7, 11) is -1.85. The molecule has 116 valence electrons. The standard InChI is InChI=1S/C14H20N2O4S/c1-20-11-6-3-5-10(9-11)16-14(13(15)17)8-4-7-12(14)21(2,18)19/h3,5-6,9,12,16H,4,7-8H2,1-2H3,(H2,15,17). The van der Waals surface area contributed by atoms with Gasteiger partial charge in [0.1, 0.15) is 11.3 Å².